The van der Waals surface area contributed by atoms with Crippen LogP contribution in [0.1, 0.15) is 51.2 Å². The van der Waals surface area contributed by atoms with E-state index in [1.807, 2.05) is 24.3 Å². The van der Waals surface area contributed by atoms with Crippen molar-refractivity contribution >= 4 is 18.0 Å². The molecule has 2 N–H and O–H groups in total. The van der Waals surface area contributed by atoms with E-state index in [9.17, 15) is 19.5 Å². The molecule has 2 aromatic carbocycles. The van der Waals surface area contributed by atoms with E-state index in [-0.39, 0.29) is 30.9 Å². The van der Waals surface area contributed by atoms with Crippen LogP contribution >= 0.6 is 0 Å². The van der Waals surface area contributed by atoms with Gasteiger partial charge in [-0.1, -0.05) is 48.5 Å². The Hall–Kier alpha value is -3.35. The summed E-state index contributed by atoms with van der Waals surface area (Å²) in [6.45, 7) is 8.06. The summed E-state index contributed by atoms with van der Waals surface area (Å²) in [6.07, 6.45) is 0.0533. The van der Waals surface area contributed by atoms with E-state index >= 15 is 0 Å². The van der Waals surface area contributed by atoms with Gasteiger partial charge in [-0.15, -0.1) is 0 Å². The molecule has 2 atom stereocenters. The van der Waals surface area contributed by atoms with Crippen LogP contribution in [-0.4, -0.2) is 53.2 Å². The number of carbonyl (C=O) groups excluding carboxylic acids is 2. The van der Waals surface area contributed by atoms with Gasteiger partial charge in [0.1, 0.15) is 6.61 Å². The van der Waals surface area contributed by atoms with E-state index < -0.39 is 28.4 Å². The number of benzene rings is 2. The standard InChI is InChI=1S/C28H32N2O5/c1-26(2,23(31)30-14-17-13-28(17,16-30)24(32)33)27(3,4)29-25(34)35-15-22-20-11-7-5-9-18(20)19-10-6-8-12-21(19)22/h5-12,17,22H,13-16H2,1-4H3,(H,29,34)(H,32,33). The Bertz CT molecular complexity index is 1170. The van der Waals surface area contributed by atoms with Gasteiger partial charge in [-0.2, -0.15) is 0 Å². The number of amides is 2. The van der Waals surface area contributed by atoms with Gasteiger partial charge in [0.15, 0.2) is 0 Å². The van der Waals surface area contributed by atoms with E-state index in [2.05, 4.69) is 29.6 Å². The van der Waals surface area contributed by atoms with Gasteiger partial charge in [-0.3, -0.25) is 9.59 Å². The van der Waals surface area contributed by atoms with E-state index in [1.165, 1.54) is 0 Å². The Labute approximate surface area is 205 Å². The first-order valence-electron chi connectivity index (χ1n) is 12.1. The number of carboxylic acid groups (broad SMARTS) is 1. The average molecular weight is 477 g/mol. The normalized spacial score (nSPS) is 22.7. The molecule has 2 amide bonds. The van der Waals surface area contributed by atoms with Crippen molar-refractivity contribution in [3.63, 3.8) is 0 Å². The first-order valence-corrected chi connectivity index (χ1v) is 12.1. The third-order valence-electron chi connectivity index (χ3n) is 8.71. The molecule has 2 aromatic rings. The molecule has 1 aliphatic heterocycles. The van der Waals surface area contributed by atoms with Crippen LogP contribution in [0.4, 0.5) is 4.79 Å². The molecule has 1 saturated heterocycles. The number of nitrogens with zero attached hydrogens (tertiary/aromatic N) is 1. The van der Waals surface area contributed by atoms with Crippen molar-refractivity contribution in [2.75, 3.05) is 19.7 Å². The Morgan fingerprint density at radius 3 is 2.14 bits per heavy atom. The molecule has 7 heteroatoms. The third kappa shape index (κ3) is 3.60. The zero-order valence-electron chi connectivity index (χ0n) is 20.6. The number of carbonyl (C=O) groups is 3. The molecule has 2 aliphatic carbocycles. The molecule has 0 radical (unpaired) electrons. The number of fused-ring (bicyclic) bond motifs is 4. The van der Waals surface area contributed by atoms with Gasteiger partial charge in [-0.05, 0) is 62.3 Å². The molecule has 0 spiro atoms. The van der Waals surface area contributed by atoms with E-state index in [1.54, 1.807) is 32.6 Å². The summed E-state index contributed by atoms with van der Waals surface area (Å²) in [5.41, 5.74) is 1.92. The predicted octanol–water partition coefficient (Wildman–Crippen LogP) is 4.26. The van der Waals surface area contributed by atoms with Crippen LogP contribution in [0.3, 0.4) is 0 Å². The number of alkyl carbamates (subject to hydrolysis) is 1. The lowest BCUT2D eigenvalue weighted by Crippen LogP contribution is -2.60. The van der Waals surface area contributed by atoms with Crippen LogP contribution in [0.25, 0.3) is 11.1 Å². The number of nitrogens with one attached hydrogen (secondary N) is 1. The topological polar surface area (TPSA) is 95.9 Å². The molecule has 1 saturated carbocycles. The Morgan fingerprint density at radius 1 is 1.03 bits per heavy atom. The number of likely N-dealkylation sites (tertiary alicyclic amines) is 1. The van der Waals surface area contributed by atoms with Crippen LogP contribution < -0.4 is 5.32 Å². The molecule has 1 heterocycles. The van der Waals surface area contributed by atoms with Crippen molar-refractivity contribution in [1.29, 1.82) is 0 Å². The largest absolute Gasteiger partial charge is 0.481 e. The Balaban J connectivity index is 1.24. The number of piperidine rings is 1. The summed E-state index contributed by atoms with van der Waals surface area (Å²) < 4.78 is 5.69. The summed E-state index contributed by atoms with van der Waals surface area (Å²) in [4.78, 5) is 39.6. The Morgan fingerprint density at radius 2 is 1.60 bits per heavy atom. The van der Waals surface area contributed by atoms with Crippen molar-refractivity contribution in [1.82, 2.24) is 10.2 Å². The number of hydrogen-bond acceptors (Lipinski definition) is 4. The number of rotatable bonds is 6. The van der Waals surface area contributed by atoms with Gasteiger partial charge in [-0.25, -0.2) is 4.79 Å². The zero-order chi connectivity index (χ0) is 25.2. The van der Waals surface area contributed by atoms with Gasteiger partial charge in [0.25, 0.3) is 0 Å². The lowest BCUT2D eigenvalue weighted by molar-refractivity contribution is -0.146. The van der Waals surface area contributed by atoms with Gasteiger partial charge in [0.2, 0.25) is 5.91 Å². The van der Waals surface area contributed by atoms with Gasteiger partial charge in [0, 0.05) is 19.0 Å². The van der Waals surface area contributed by atoms with Crippen molar-refractivity contribution in [3.8, 4) is 11.1 Å². The molecule has 184 valence electrons. The summed E-state index contributed by atoms with van der Waals surface area (Å²) in [5, 5.41) is 12.5. The second-order valence-corrected chi connectivity index (χ2v) is 11.2. The van der Waals surface area contributed by atoms with Crippen molar-refractivity contribution in [2.24, 2.45) is 16.7 Å². The lowest BCUT2D eigenvalue weighted by Gasteiger charge is -2.42. The smallest absolute Gasteiger partial charge is 0.407 e. The van der Waals surface area contributed by atoms with Crippen LogP contribution in [-0.2, 0) is 14.3 Å². The number of hydrogen-bond donors (Lipinski definition) is 2. The zero-order valence-corrected chi connectivity index (χ0v) is 20.6. The highest BCUT2D eigenvalue weighted by molar-refractivity contribution is 5.88. The molecule has 7 nitrogen and oxygen atoms in total. The molecule has 0 bridgehead atoms. The molecule has 2 fully saturated rings. The molecule has 0 aromatic heterocycles. The quantitative estimate of drug-likeness (QED) is 0.649. The molecule has 35 heavy (non-hydrogen) atoms. The summed E-state index contributed by atoms with van der Waals surface area (Å²) >= 11 is 0. The van der Waals surface area contributed by atoms with E-state index in [0.29, 0.717) is 13.0 Å². The predicted molar refractivity (Wildman–Crippen MR) is 131 cm³/mol. The number of ether oxygens (including phenoxy) is 1. The Kier molecular flexibility index (Phi) is 5.24. The SMILES string of the molecule is CC(C)(NC(=O)OCC1c2ccccc2-c2ccccc21)C(C)(C)C(=O)N1CC2CC2(C(=O)O)C1. The minimum atomic E-state index is -0.963. The van der Waals surface area contributed by atoms with Gasteiger partial charge >= 0.3 is 12.1 Å². The van der Waals surface area contributed by atoms with Gasteiger partial charge in [0.05, 0.1) is 16.4 Å². The lowest BCUT2D eigenvalue weighted by atomic mass is 9.73. The van der Waals surface area contributed by atoms with Crippen LogP contribution in [0, 0.1) is 16.7 Å². The first-order chi connectivity index (χ1) is 16.5. The molecular formula is C28H32N2O5. The second kappa shape index (κ2) is 7.83. The van der Waals surface area contributed by atoms with Crippen LogP contribution in [0.5, 0.6) is 0 Å². The number of carboxylic acids is 1. The number of aliphatic carboxylic acids is 1. The molecule has 3 aliphatic rings. The minimum absolute atomic E-state index is 0.0259. The highest BCUT2D eigenvalue weighted by Gasteiger charge is 2.67. The summed E-state index contributed by atoms with van der Waals surface area (Å²) in [6, 6.07) is 16.3. The minimum Gasteiger partial charge on any atom is -0.481 e. The third-order valence-corrected chi connectivity index (χ3v) is 8.71. The van der Waals surface area contributed by atoms with E-state index in [0.717, 1.165) is 22.3 Å². The molecular weight excluding hydrogens is 444 g/mol. The van der Waals surface area contributed by atoms with Crippen LogP contribution in [0.2, 0.25) is 0 Å². The maximum absolute atomic E-state index is 13.4. The van der Waals surface area contributed by atoms with Crippen LogP contribution in [0.15, 0.2) is 48.5 Å². The molecule has 2 unspecified atom stereocenters. The first kappa shape index (κ1) is 23.4. The monoisotopic (exact) mass is 476 g/mol. The van der Waals surface area contributed by atoms with Crippen molar-refractivity contribution in [2.45, 2.75) is 45.6 Å². The highest BCUT2D eigenvalue weighted by Crippen LogP contribution is 2.58. The maximum Gasteiger partial charge on any atom is 0.407 e. The summed E-state index contributed by atoms with van der Waals surface area (Å²) in [5.74, 6) is -1.01. The highest BCUT2D eigenvalue weighted by atomic mass is 16.5. The van der Waals surface area contributed by atoms with Crippen molar-refractivity contribution in [3.05, 3.63) is 59.7 Å². The average Bonchev–Trinajstić information content (AvgIpc) is 3.24. The van der Waals surface area contributed by atoms with E-state index in [4.69, 9.17) is 4.74 Å². The fourth-order valence-corrected chi connectivity index (χ4v) is 5.68. The molecule has 5 rings (SSSR count). The fraction of sp³-hybridized carbons (Fsp3) is 0.464. The van der Waals surface area contributed by atoms with Crippen molar-refractivity contribution < 1.29 is 24.2 Å². The second-order valence-electron chi connectivity index (χ2n) is 11.2. The maximum atomic E-state index is 13.4. The fourth-order valence-electron chi connectivity index (χ4n) is 5.68. The van der Waals surface area contributed by atoms with Gasteiger partial charge < -0.3 is 20.1 Å². The summed E-state index contributed by atoms with van der Waals surface area (Å²) in [7, 11) is 0.